The molecule has 2 aromatic carbocycles. The molecule has 4 nitrogen and oxygen atoms in total. The molecule has 0 saturated heterocycles. The molecule has 0 atom stereocenters. The number of aliphatic hydroxyl groups is 1. The van der Waals surface area contributed by atoms with Gasteiger partial charge < -0.3 is 10.2 Å². The summed E-state index contributed by atoms with van der Waals surface area (Å²) >= 11 is 6.58. The predicted molar refractivity (Wildman–Crippen MR) is 120 cm³/mol. The zero-order valence-electron chi connectivity index (χ0n) is 17.6. The minimum atomic E-state index is -0.984. The van der Waals surface area contributed by atoms with Gasteiger partial charge in [0.2, 0.25) is 0 Å². The van der Waals surface area contributed by atoms with Crippen molar-refractivity contribution in [1.82, 2.24) is 0 Å². The van der Waals surface area contributed by atoms with Gasteiger partial charge in [0.1, 0.15) is 5.76 Å². The largest absolute Gasteiger partial charge is 0.511 e. The number of aliphatic hydroxyl groups excluding tert-OH is 1. The number of hydrogen-bond acceptors (Lipinski definition) is 3. The summed E-state index contributed by atoms with van der Waals surface area (Å²) in [5.74, 6) is -1.01. The summed E-state index contributed by atoms with van der Waals surface area (Å²) in [6, 6.07) is 10.1. The van der Waals surface area contributed by atoms with Gasteiger partial charge in [-0.3, -0.25) is 4.79 Å². The molecule has 2 N–H and O–H groups in total. The molecule has 1 aliphatic carbocycles. The van der Waals surface area contributed by atoms with E-state index in [1.165, 1.54) is 19.1 Å². The van der Waals surface area contributed by atoms with Crippen molar-refractivity contribution in [2.75, 3.05) is 0 Å². The van der Waals surface area contributed by atoms with Crippen molar-refractivity contribution >= 4 is 28.9 Å². The monoisotopic (exact) mass is 426 g/mol. The van der Waals surface area contributed by atoms with E-state index in [0.29, 0.717) is 16.2 Å². The minimum Gasteiger partial charge on any atom is -0.511 e. The third-order valence-electron chi connectivity index (χ3n) is 6.14. The van der Waals surface area contributed by atoms with Crippen LogP contribution < -0.4 is 0 Å². The Morgan fingerprint density at radius 1 is 1.00 bits per heavy atom. The average Bonchev–Trinajstić information content (AvgIpc) is 2.70. The smallest absolute Gasteiger partial charge is 0.335 e. The van der Waals surface area contributed by atoms with E-state index in [0.717, 1.165) is 48.8 Å². The summed E-state index contributed by atoms with van der Waals surface area (Å²) in [7, 11) is 0. The third kappa shape index (κ3) is 4.29. The van der Waals surface area contributed by atoms with Crippen molar-refractivity contribution in [2.45, 2.75) is 52.9 Å². The molecule has 0 aromatic heterocycles. The number of aromatic carboxylic acids is 1. The van der Waals surface area contributed by atoms with Gasteiger partial charge in [-0.05, 0) is 67.6 Å². The van der Waals surface area contributed by atoms with Gasteiger partial charge in [0.05, 0.1) is 11.1 Å². The summed E-state index contributed by atoms with van der Waals surface area (Å²) in [4.78, 5) is 23.7. The van der Waals surface area contributed by atoms with Crippen LogP contribution in [-0.2, 0) is 4.79 Å². The van der Waals surface area contributed by atoms with E-state index in [1.807, 2.05) is 19.9 Å². The molecule has 0 bridgehead atoms. The van der Waals surface area contributed by atoms with Gasteiger partial charge in [-0.2, -0.15) is 0 Å². The van der Waals surface area contributed by atoms with Gasteiger partial charge in [0, 0.05) is 16.0 Å². The number of allylic oxidation sites excluding steroid dienone is 2. The Morgan fingerprint density at radius 3 is 2.13 bits per heavy atom. The Bertz CT molecular complexity index is 1010. The number of Topliss-reactive ketones (excluding diaryl/α,β-unsaturated/α-hetero) is 1. The van der Waals surface area contributed by atoms with Crippen LogP contribution in [0.3, 0.4) is 0 Å². The Kier molecular flexibility index (Phi) is 6.37. The van der Waals surface area contributed by atoms with E-state index in [-0.39, 0.29) is 17.1 Å². The van der Waals surface area contributed by atoms with Crippen molar-refractivity contribution in [3.63, 3.8) is 0 Å². The lowest BCUT2D eigenvalue weighted by Crippen LogP contribution is -2.25. The predicted octanol–water partition coefficient (Wildman–Crippen LogP) is 6.84. The number of benzene rings is 2. The summed E-state index contributed by atoms with van der Waals surface area (Å²) in [5.41, 5.74) is 3.15. The summed E-state index contributed by atoms with van der Waals surface area (Å²) < 4.78 is 0. The van der Waals surface area contributed by atoms with Gasteiger partial charge in [-0.1, -0.05) is 49.9 Å². The number of ketones is 1. The van der Waals surface area contributed by atoms with Crippen molar-refractivity contribution in [3.8, 4) is 11.1 Å². The van der Waals surface area contributed by atoms with Crippen LogP contribution in [0.2, 0.25) is 5.02 Å². The second kappa shape index (κ2) is 8.65. The average molecular weight is 427 g/mol. The lowest BCUT2D eigenvalue weighted by Gasteiger charge is -2.34. The Labute approximate surface area is 182 Å². The number of carbonyl (C=O) groups is 2. The van der Waals surface area contributed by atoms with Gasteiger partial charge in [0.25, 0.3) is 0 Å². The molecule has 158 valence electrons. The fourth-order valence-corrected chi connectivity index (χ4v) is 4.59. The van der Waals surface area contributed by atoms with Gasteiger partial charge >= 0.3 is 5.97 Å². The molecule has 3 rings (SSSR count). The maximum atomic E-state index is 12.6. The van der Waals surface area contributed by atoms with Crippen LogP contribution in [0.5, 0.6) is 0 Å². The molecule has 0 unspecified atom stereocenters. The zero-order chi connectivity index (χ0) is 22.1. The molecule has 0 spiro atoms. The van der Waals surface area contributed by atoms with Crippen LogP contribution in [0.4, 0.5) is 0 Å². The molecule has 2 aromatic rings. The molecule has 5 heteroatoms. The van der Waals surface area contributed by atoms with Gasteiger partial charge in [-0.25, -0.2) is 4.79 Å². The van der Waals surface area contributed by atoms with Crippen molar-refractivity contribution in [3.05, 3.63) is 63.9 Å². The molecule has 1 aliphatic rings. The quantitative estimate of drug-likeness (QED) is 0.405. The number of carbonyl (C=O) groups excluding carboxylic acids is 1. The van der Waals surface area contributed by atoms with Crippen LogP contribution >= 0.6 is 11.6 Å². The lowest BCUT2D eigenvalue weighted by atomic mass is 9.72. The topological polar surface area (TPSA) is 74.6 Å². The van der Waals surface area contributed by atoms with E-state index >= 15 is 0 Å². The Morgan fingerprint density at radius 2 is 1.60 bits per heavy atom. The summed E-state index contributed by atoms with van der Waals surface area (Å²) in [6.45, 7) is 5.39. The van der Waals surface area contributed by atoms with E-state index in [4.69, 9.17) is 16.7 Å². The molecule has 1 fully saturated rings. The Hall–Kier alpha value is -2.59. The SMILES string of the molecule is CC(=O)/C(=C(/O)C1(C)CCCCC1)c1cc(Cl)c(-c2ccc(C(=O)O)cc2)cc1C. The maximum absolute atomic E-state index is 12.6. The summed E-state index contributed by atoms with van der Waals surface area (Å²) in [5, 5.41) is 20.7. The second-order valence-corrected chi connectivity index (χ2v) is 8.84. The third-order valence-corrected chi connectivity index (χ3v) is 6.46. The fraction of sp³-hybridized carbons (Fsp3) is 0.360. The number of aryl methyl sites for hydroxylation is 1. The van der Waals surface area contributed by atoms with Crippen LogP contribution in [0.25, 0.3) is 16.7 Å². The molecule has 30 heavy (non-hydrogen) atoms. The van der Waals surface area contributed by atoms with Crippen molar-refractivity contribution in [1.29, 1.82) is 0 Å². The molecular weight excluding hydrogens is 400 g/mol. The molecule has 0 radical (unpaired) electrons. The standard InChI is InChI=1S/C25H27ClO4/c1-15-13-20(17-7-9-18(10-8-17)24(29)30)21(26)14-19(15)22(16(2)27)23(28)25(3)11-5-4-6-12-25/h7-10,13-14,28H,4-6,11-12H2,1-3H3,(H,29,30)/b23-22-. The van der Waals surface area contributed by atoms with E-state index < -0.39 is 11.4 Å². The number of halogens is 1. The number of carboxylic acids is 1. The highest BCUT2D eigenvalue weighted by molar-refractivity contribution is 6.34. The van der Waals surface area contributed by atoms with Gasteiger partial charge in [0.15, 0.2) is 5.78 Å². The highest BCUT2D eigenvalue weighted by Crippen LogP contribution is 2.45. The van der Waals surface area contributed by atoms with E-state index in [9.17, 15) is 14.7 Å². The number of rotatable bonds is 5. The molecule has 0 amide bonds. The lowest BCUT2D eigenvalue weighted by molar-refractivity contribution is -0.112. The number of carboxylic acid groups (broad SMARTS) is 1. The number of hydrogen-bond donors (Lipinski definition) is 2. The second-order valence-electron chi connectivity index (χ2n) is 8.43. The van der Waals surface area contributed by atoms with E-state index in [1.54, 1.807) is 18.2 Å². The summed E-state index contributed by atoms with van der Waals surface area (Å²) in [6.07, 6.45) is 4.94. The highest BCUT2D eigenvalue weighted by Gasteiger charge is 2.35. The first kappa shape index (κ1) is 22.1. The highest BCUT2D eigenvalue weighted by atomic mass is 35.5. The van der Waals surface area contributed by atoms with Crippen LogP contribution in [0, 0.1) is 12.3 Å². The van der Waals surface area contributed by atoms with E-state index in [2.05, 4.69) is 0 Å². The first-order valence-corrected chi connectivity index (χ1v) is 10.6. The minimum absolute atomic E-state index is 0.160. The first-order valence-electron chi connectivity index (χ1n) is 10.2. The molecular formula is C25H27ClO4. The van der Waals surface area contributed by atoms with Crippen molar-refractivity contribution in [2.24, 2.45) is 5.41 Å². The molecule has 0 heterocycles. The van der Waals surface area contributed by atoms with Crippen LogP contribution in [0.1, 0.15) is 67.4 Å². The molecule has 1 saturated carbocycles. The zero-order valence-corrected chi connectivity index (χ0v) is 18.3. The maximum Gasteiger partial charge on any atom is 0.335 e. The Balaban J connectivity index is 2.09. The van der Waals surface area contributed by atoms with Crippen molar-refractivity contribution < 1.29 is 19.8 Å². The normalized spacial score (nSPS) is 16.7. The molecule has 0 aliphatic heterocycles. The van der Waals surface area contributed by atoms with Crippen LogP contribution in [-0.4, -0.2) is 22.0 Å². The van der Waals surface area contributed by atoms with Gasteiger partial charge in [-0.15, -0.1) is 0 Å². The van der Waals surface area contributed by atoms with Crippen LogP contribution in [0.15, 0.2) is 42.2 Å². The fourth-order valence-electron chi connectivity index (χ4n) is 4.32. The first-order chi connectivity index (χ1) is 14.1.